The van der Waals surface area contributed by atoms with Crippen molar-refractivity contribution < 1.29 is 0 Å². The van der Waals surface area contributed by atoms with Crippen LogP contribution in [0.2, 0.25) is 0 Å². The van der Waals surface area contributed by atoms with E-state index in [1.807, 2.05) is 12.1 Å². The van der Waals surface area contributed by atoms with Gasteiger partial charge < -0.3 is 16.8 Å². The van der Waals surface area contributed by atoms with E-state index in [1.54, 1.807) is 6.07 Å². The Labute approximate surface area is 92.9 Å². The molecule has 0 amide bonds. The van der Waals surface area contributed by atoms with E-state index in [0.29, 0.717) is 23.5 Å². The van der Waals surface area contributed by atoms with Crippen LogP contribution in [0.25, 0.3) is 10.9 Å². The maximum absolute atomic E-state index is 5.88. The standard InChI is InChI=1S/C11H13N5/c12-6-1-4-9-8(5-6)10(13)16-11(15-9)14-7-2-3-7/h1,4-5,7H,2-3,12H2,(H3,13,14,15,16). The fraction of sp³-hybridized carbons (Fsp3) is 0.273. The summed E-state index contributed by atoms with van der Waals surface area (Å²) < 4.78 is 0. The topological polar surface area (TPSA) is 89.8 Å². The Morgan fingerprint density at radius 3 is 2.75 bits per heavy atom. The molecule has 3 rings (SSSR count). The van der Waals surface area contributed by atoms with Crippen molar-refractivity contribution in [2.24, 2.45) is 0 Å². The molecule has 1 aromatic heterocycles. The smallest absolute Gasteiger partial charge is 0.225 e. The predicted molar refractivity (Wildman–Crippen MR) is 65.0 cm³/mol. The highest BCUT2D eigenvalue weighted by Gasteiger charge is 2.22. The van der Waals surface area contributed by atoms with E-state index in [0.717, 1.165) is 10.9 Å². The maximum atomic E-state index is 5.88. The van der Waals surface area contributed by atoms with Gasteiger partial charge in [0.25, 0.3) is 0 Å². The molecule has 0 unspecified atom stereocenters. The molecule has 0 spiro atoms. The number of nitrogens with zero attached hydrogens (tertiary/aromatic N) is 2. The van der Waals surface area contributed by atoms with Crippen molar-refractivity contribution in [3.05, 3.63) is 18.2 Å². The quantitative estimate of drug-likeness (QED) is 0.658. The molecule has 1 aliphatic rings. The molecule has 0 saturated heterocycles. The second-order valence-corrected chi connectivity index (χ2v) is 4.13. The minimum atomic E-state index is 0.473. The highest BCUT2D eigenvalue weighted by atomic mass is 15.1. The molecule has 5 N–H and O–H groups in total. The van der Waals surface area contributed by atoms with Crippen molar-refractivity contribution in [2.45, 2.75) is 18.9 Å². The number of nitrogen functional groups attached to an aromatic ring is 2. The van der Waals surface area contributed by atoms with Gasteiger partial charge in [-0.05, 0) is 31.0 Å². The van der Waals surface area contributed by atoms with E-state index < -0.39 is 0 Å². The molecule has 2 aromatic rings. The number of aromatic nitrogens is 2. The van der Waals surface area contributed by atoms with Gasteiger partial charge in [-0.2, -0.15) is 4.98 Å². The Hall–Kier alpha value is -2.04. The average molecular weight is 215 g/mol. The molecule has 5 nitrogen and oxygen atoms in total. The summed E-state index contributed by atoms with van der Waals surface area (Å²) in [5.74, 6) is 1.08. The lowest BCUT2D eigenvalue weighted by Crippen LogP contribution is -2.07. The van der Waals surface area contributed by atoms with Crippen molar-refractivity contribution in [3.8, 4) is 0 Å². The summed E-state index contributed by atoms with van der Waals surface area (Å²) in [5.41, 5.74) is 13.1. The minimum Gasteiger partial charge on any atom is -0.399 e. The van der Waals surface area contributed by atoms with Gasteiger partial charge in [0.05, 0.1) is 5.52 Å². The number of benzene rings is 1. The molecule has 0 aliphatic heterocycles. The van der Waals surface area contributed by atoms with Gasteiger partial charge in [-0.3, -0.25) is 0 Å². The van der Waals surface area contributed by atoms with Gasteiger partial charge in [-0.1, -0.05) is 0 Å². The SMILES string of the molecule is Nc1ccc2nc(NC3CC3)nc(N)c2c1. The van der Waals surface area contributed by atoms with Crippen LogP contribution in [0.3, 0.4) is 0 Å². The van der Waals surface area contributed by atoms with Crippen molar-refractivity contribution >= 4 is 28.4 Å². The summed E-state index contributed by atoms with van der Waals surface area (Å²) >= 11 is 0. The molecule has 0 atom stereocenters. The van der Waals surface area contributed by atoms with Crippen molar-refractivity contribution in [2.75, 3.05) is 16.8 Å². The Morgan fingerprint density at radius 2 is 2.00 bits per heavy atom. The van der Waals surface area contributed by atoms with Gasteiger partial charge in [-0.25, -0.2) is 4.98 Å². The third kappa shape index (κ3) is 1.60. The fourth-order valence-electron chi connectivity index (χ4n) is 1.64. The molecule has 16 heavy (non-hydrogen) atoms. The number of anilines is 3. The van der Waals surface area contributed by atoms with Crippen LogP contribution < -0.4 is 16.8 Å². The largest absolute Gasteiger partial charge is 0.399 e. The highest BCUT2D eigenvalue weighted by molar-refractivity contribution is 5.91. The van der Waals surface area contributed by atoms with E-state index in [-0.39, 0.29) is 0 Å². The van der Waals surface area contributed by atoms with Crippen LogP contribution in [0.5, 0.6) is 0 Å². The van der Waals surface area contributed by atoms with Crippen LogP contribution in [0, 0.1) is 0 Å². The summed E-state index contributed by atoms with van der Waals surface area (Å²) in [7, 11) is 0. The van der Waals surface area contributed by atoms with Crippen LogP contribution in [0.15, 0.2) is 18.2 Å². The lowest BCUT2D eigenvalue weighted by molar-refractivity contribution is 1.07. The second kappa shape index (κ2) is 3.23. The van der Waals surface area contributed by atoms with Gasteiger partial charge in [0, 0.05) is 17.1 Å². The first kappa shape index (κ1) is 9.21. The molecule has 0 bridgehead atoms. The zero-order valence-electron chi connectivity index (χ0n) is 8.77. The van der Waals surface area contributed by atoms with Crippen molar-refractivity contribution in [1.29, 1.82) is 0 Å². The number of hydrogen-bond donors (Lipinski definition) is 3. The molecule has 1 aliphatic carbocycles. The Balaban J connectivity index is 2.09. The molecular weight excluding hydrogens is 202 g/mol. The third-order valence-electron chi connectivity index (χ3n) is 2.66. The molecular formula is C11H13N5. The fourth-order valence-corrected chi connectivity index (χ4v) is 1.64. The Kier molecular flexibility index (Phi) is 1.86. The molecule has 0 radical (unpaired) electrons. The summed E-state index contributed by atoms with van der Waals surface area (Å²) in [6.07, 6.45) is 2.37. The third-order valence-corrected chi connectivity index (χ3v) is 2.66. The lowest BCUT2D eigenvalue weighted by atomic mass is 10.2. The molecule has 5 heteroatoms. The molecule has 1 saturated carbocycles. The Bertz CT molecular complexity index is 547. The van der Waals surface area contributed by atoms with Gasteiger partial charge in [0.1, 0.15) is 5.82 Å². The van der Waals surface area contributed by atoms with Crippen LogP contribution in [-0.4, -0.2) is 16.0 Å². The maximum Gasteiger partial charge on any atom is 0.225 e. The zero-order valence-corrected chi connectivity index (χ0v) is 8.77. The summed E-state index contributed by atoms with van der Waals surface area (Å²) in [6, 6.07) is 5.99. The predicted octanol–water partition coefficient (Wildman–Crippen LogP) is 1.37. The number of nitrogens with two attached hydrogens (primary N) is 2. The first-order valence-corrected chi connectivity index (χ1v) is 5.31. The van der Waals surface area contributed by atoms with E-state index >= 15 is 0 Å². The van der Waals surface area contributed by atoms with Crippen LogP contribution in [-0.2, 0) is 0 Å². The summed E-state index contributed by atoms with van der Waals surface area (Å²) in [6.45, 7) is 0. The van der Waals surface area contributed by atoms with E-state index in [4.69, 9.17) is 11.5 Å². The van der Waals surface area contributed by atoms with Gasteiger partial charge in [0.2, 0.25) is 5.95 Å². The zero-order chi connectivity index (χ0) is 11.1. The van der Waals surface area contributed by atoms with Crippen LogP contribution in [0.1, 0.15) is 12.8 Å². The normalized spacial score (nSPS) is 15.2. The van der Waals surface area contributed by atoms with E-state index in [2.05, 4.69) is 15.3 Å². The molecule has 1 aromatic carbocycles. The Morgan fingerprint density at radius 1 is 1.19 bits per heavy atom. The van der Waals surface area contributed by atoms with Gasteiger partial charge in [-0.15, -0.1) is 0 Å². The van der Waals surface area contributed by atoms with Crippen molar-refractivity contribution in [1.82, 2.24) is 9.97 Å². The number of rotatable bonds is 2. The van der Waals surface area contributed by atoms with Crippen LogP contribution >= 0.6 is 0 Å². The number of hydrogen-bond acceptors (Lipinski definition) is 5. The molecule has 82 valence electrons. The van der Waals surface area contributed by atoms with E-state index in [1.165, 1.54) is 12.8 Å². The number of fused-ring (bicyclic) bond motifs is 1. The van der Waals surface area contributed by atoms with Gasteiger partial charge >= 0.3 is 0 Å². The monoisotopic (exact) mass is 215 g/mol. The molecule has 1 fully saturated rings. The summed E-state index contributed by atoms with van der Waals surface area (Å²) in [5, 5.41) is 4.04. The van der Waals surface area contributed by atoms with E-state index in [9.17, 15) is 0 Å². The second-order valence-electron chi connectivity index (χ2n) is 4.13. The van der Waals surface area contributed by atoms with Gasteiger partial charge in [0.15, 0.2) is 0 Å². The minimum absolute atomic E-state index is 0.473. The average Bonchev–Trinajstić information content (AvgIpc) is 3.03. The molecule has 1 heterocycles. The lowest BCUT2D eigenvalue weighted by Gasteiger charge is -2.07. The van der Waals surface area contributed by atoms with Crippen LogP contribution in [0.4, 0.5) is 17.5 Å². The highest BCUT2D eigenvalue weighted by Crippen LogP contribution is 2.26. The van der Waals surface area contributed by atoms with Crippen molar-refractivity contribution in [3.63, 3.8) is 0 Å². The summed E-state index contributed by atoms with van der Waals surface area (Å²) in [4.78, 5) is 8.62. The first-order chi connectivity index (χ1) is 7.72. The number of nitrogens with one attached hydrogen (secondary N) is 1. The first-order valence-electron chi connectivity index (χ1n) is 5.31.